The number of para-hydroxylation sites is 1. The predicted octanol–water partition coefficient (Wildman–Crippen LogP) is 4.94. The summed E-state index contributed by atoms with van der Waals surface area (Å²) in [7, 11) is 1.59. The van der Waals surface area contributed by atoms with Gasteiger partial charge in [-0.25, -0.2) is 11.7 Å². The van der Waals surface area contributed by atoms with Crippen LogP contribution >= 0.6 is 18.5 Å². The quantitative estimate of drug-likeness (QED) is 0.00843. The Balaban J connectivity index is 0.818. The number of nitrogens with one attached hydrogen (secondary N) is 1. The van der Waals surface area contributed by atoms with Crippen molar-refractivity contribution in [1.29, 1.82) is 0 Å². The van der Waals surface area contributed by atoms with Crippen LogP contribution in [0.2, 0.25) is 0 Å². The number of aldehydes is 1. The maximum Gasteiger partial charge on any atom is 0.321 e. The molecule has 90 heavy (non-hydrogen) atoms. The predicted molar refractivity (Wildman–Crippen MR) is 348 cm³/mol. The largest absolute Gasteiger partial charge is 0.504 e. The summed E-state index contributed by atoms with van der Waals surface area (Å²) in [6.07, 6.45) is 5.25. The van der Waals surface area contributed by atoms with Crippen LogP contribution in [0.4, 0.5) is 5.69 Å². The van der Waals surface area contributed by atoms with Gasteiger partial charge in [0.2, 0.25) is 23.5 Å². The topological polar surface area (TPSA) is 353 Å². The first kappa shape index (κ1) is 72.1. The third-order valence-corrected chi connectivity index (χ3v) is 16.1. The van der Waals surface area contributed by atoms with Gasteiger partial charge in [-0.3, -0.25) is 19.2 Å². The Bertz CT molecular complexity index is 3270. The van der Waals surface area contributed by atoms with Gasteiger partial charge in [-0.1, -0.05) is 85.6 Å². The fourth-order valence-corrected chi connectivity index (χ4v) is 11.1. The number of hydrogen-bond acceptors (Lipinski definition) is 22. The third-order valence-electron chi connectivity index (χ3n) is 13.9. The summed E-state index contributed by atoms with van der Waals surface area (Å²) in [5, 5.41) is 16.0. The van der Waals surface area contributed by atoms with Crippen LogP contribution in [0.3, 0.4) is 0 Å². The number of benzene rings is 4. The van der Waals surface area contributed by atoms with Gasteiger partial charge >= 0.3 is 6.72 Å². The van der Waals surface area contributed by atoms with E-state index in [2.05, 4.69) is 17.1 Å². The van der Waals surface area contributed by atoms with E-state index in [0.29, 0.717) is 118 Å². The molecule has 0 radical (unpaired) electrons. The second-order valence-electron chi connectivity index (χ2n) is 20.6. The van der Waals surface area contributed by atoms with Gasteiger partial charge in [-0.2, -0.15) is 0 Å². The first-order valence-corrected chi connectivity index (χ1v) is 33.2. The number of ether oxygens (including phenoxy) is 6. The van der Waals surface area contributed by atoms with Gasteiger partial charge < -0.3 is 93.7 Å². The highest BCUT2D eigenvalue weighted by Gasteiger charge is 2.29. The van der Waals surface area contributed by atoms with E-state index in [0.717, 1.165) is 30.4 Å². The average Bonchev–Trinajstić information content (AvgIpc) is 0.804. The number of hydrogen-bond donors (Lipinski definition) is 8. The first-order chi connectivity index (χ1) is 43.4. The fraction of sp³-hybridized carbons (Fsp3) is 0.435. The van der Waals surface area contributed by atoms with E-state index in [9.17, 15) is 29.1 Å². The lowest BCUT2D eigenvalue weighted by Gasteiger charge is -2.33. The summed E-state index contributed by atoms with van der Waals surface area (Å²) in [6, 6.07) is 28.2. The van der Waals surface area contributed by atoms with Gasteiger partial charge in [0.05, 0.1) is 126 Å². The lowest BCUT2D eigenvalue weighted by molar-refractivity contribution is -0.131. The van der Waals surface area contributed by atoms with Gasteiger partial charge in [0.1, 0.15) is 18.7 Å². The molecule has 0 fully saturated rings. The minimum atomic E-state index is -3.65. The molecule has 12 N–H and O–H groups in total. The van der Waals surface area contributed by atoms with Crippen molar-refractivity contribution in [1.82, 2.24) is 20.2 Å². The van der Waals surface area contributed by atoms with Gasteiger partial charge in [-0.15, -0.1) is 11.8 Å². The number of rotatable bonds is 42. The zero-order chi connectivity index (χ0) is 64.7. The zero-order valence-corrected chi connectivity index (χ0v) is 53.2. The highest BCUT2D eigenvalue weighted by molar-refractivity contribution is 8.06. The van der Waals surface area contributed by atoms with Crippen LogP contribution in [0.15, 0.2) is 118 Å². The van der Waals surface area contributed by atoms with Gasteiger partial charge in [0, 0.05) is 68.4 Å². The molecule has 1 atom stereocenters. The number of carbonyl (C=O) groups excluding carboxylic acids is 4. The molecule has 0 saturated heterocycles. The maximum atomic E-state index is 14.0. The van der Waals surface area contributed by atoms with Gasteiger partial charge in [-0.05, 0) is 54.2 Å². The van der Waals surface area contributed by atoms with Crippen molar-refractivity contribution in [3.63, 3.8) is 0 Å². The van der Waals surface area contributed by atoms with E-state index < -0.39 is 12.0 Å². The molecule has 0 aliphatic carbocycles. The van der Waals surface area contributed by atoms with Crippen molar-refractivity contribution in [2.24, 2.45) is 23.2 Å². The number of nitrogens with two attached hydrogens (primary N) is 4. The summed E-state index contributed by atoms with van der Waals surface area (Å²) < 4.78 is 45.1. The Morgan fingerprint density at radius 3 is 2.09 bits per heavy atom. The molecular formula is C62H84N9O16PS2. The second-order valence-corrected chi connectivity index (χ2v) is 24.6. The van der Waals surface area contributed by atoms with Crippen LogP contribution in [-0.4, -0.2) is 177 Å². The molecule has 0 spiro atoms. The Hall–Kier alpha value is -6.95. The molecule has 0 bridgehead atoms. The molecular weight excluding hydrogens is 1220 g/mol. The Labute approximate surface area is 533 Å². The number of thioether (sulfide) groups is 1. The summed E-state index contributed by atoms with van der Waals surface area (Å²) in [4.78, 5) is 86.0. The average molecular weight is 1310 g/mol. The number of phenols is 1. The molecule has 28 heteroatoms. The number of nitrogens with zero attached hydrogens (tertiary/aromatic N) is 4. The molecule has 25 nitrogen and oxygen atoms in total. The van der Waals surface area contributed by atoms with Crippen molar-refractivity contribution >= 4 is 82.3 Å². The summed E-state index contributed by atoms with van der Waals surface area (Å²) in [6.45, 7) is 0.712. The van der Waals surface area contributed by atoms with E-state index in [1.54, 1.807) is 17.0 Å². The van der Waals surface area contributed by atoms with E-state index >= 15 is 0 Å². The Morgan fingerprint density at radius 1 is 0.789 bits per heavy atom. The molecule has 490 valence electrons. The monoisotopic (exact) mass is 1310 g/mol. The number of aromatic hydroxyl groups is 1. The van der Waals surface area contributed by atoms with Gasteiger partial charge in [0.25, 0.3) is 0 Å². The molecule has 5 aromatic rings. The molecule has 2 heterocycles. The minimum Gasteiger partial charge on any atom is -0.504 e. The van der Waals surface area contributed by atoms with Crippen LogP contribution in [0, 0.1) is 0 Å². The molecule has 1 aliphatic rings. The number of unbranched alkanes of at least 4 members (excludes halogenated alkanes) is 3. The number of amides is 3. The Morgan fingerprint density at radius 2 is 1.41 bits per heavy atom. The first-order valence-electron chi connectivity index (χ1n) is 29.6. The van der Waals surface area contributed by atoms with Crippen LogP contribution in [-0.2, 0) is 65.7 Å². The SMILES string of the molecule is CN(CCC(=O)NCCC(=O)N1Cc2ccccc2/C(N(N)CCOCCOCCOCCOCCOCCN(N)/C=C(\N)COc2c(O)ccc3c(=O)cc(-c4ccccc4)oc23)=C(/N)c2ccccc21)C(=O)C(CC=O)SCCCCCCOP(O)(O)=S. The molecule has 0 saturated carbocycles. The highest BCUT2D eigenvalue weighted by Crippen LogP contribution is 2.39. The Kier molecular flexibility index (Phi) is 31.0. The molecule has 1 unspecified atom stereocenters. The standard InChI is InChI=1S/C62H84N9O16PS2/c1-68(62(77)55(23-28-72)90-40-12-3-2-11-29-86-88(78,79)89)25-22-56(75)67-24-21-57(76)70-42-46-15-7-8-16-48(46)59(58(64)49-17-9-10-18-51(49)70)71(66)27-31-81-33-35-83-37-39-84-38-36-82-34-32-80-30-26-69(65)43-47(63)44-85-61-52(73)20-19-50-53(74)41-54(87-60(50)61)45-13-5-4-6-14-45/h4-10,13-20,28,41,43,55,73H,2-3,11-12,21-27,29-40,42,44,63-66H2,1H3,(H,67,75)(H2,78,79,89)/b47-43-,59-58-. The number of anilines is 1. The van der Waals surface area contributed by atoms with Crippen LogP contribution < -0.4 is 43.5 Å². The van der Waals surface area contributed by atoms with E-state index in [1.165, 1.54) is 46.1 Å². The molecule has 3 amide bonds. The van der Waals surface area contributed by atoms with E-state index in [-0.39, 0.29) is 117 Å². The number of hydrazine groups is 2. The van der Waals surface area contributed by atoms with Crippen molar-refractivity contribution in [2.75, 3.05) is 123 Å². The lowest BCUT2D eigenvalue weighted by atomic mass is 9.95. The van der Waals surface area contributed by atoms with Crippen LogP contribution in [0.5, 0.6) is 11.5 Å². The number of carbonyl (C=O) groups is 4. The van der Waals surface area contributed by atoms with Crippen molar-refractivity contribution in [3.05, 3.63) is 136 Å². The summed E-state index contributed by atoms with van der Waals surface area (Å²) in [5.74, 6) is 12.8. The lowest BCUT2D eigenvalue weighted by Crippen LogP contribution is -2.39. The molecule has 1 aliphatic heterocycles. The van der Waals surface area contributed by atoms with Crippen LogP contribution in [0.1, 0.15) is 61.6 Å². The fourth-order valence-electron chi connectivity index (χ4n) is 9.30. The van der Waals surface area contributed by atoms with Crippen molar-refractivity contribution in [2.45, 2.75) is 56.7 Å². The van der Waals surface area contributed by atoms with Crippen molar-refractivity contribution in [3.8, 4) is 22.8 Å². The minimum absolute atomic E-state index is 0.00232. The highest BCUT2D eigenvalue weighted by atomic mass is 32.5. The number of fused-ring (bicyclic) bond motifs is 3. The maximum absolute atomic E-state index is 14.0. The third kappa shape index (κ3) is 24.0. The van der Waals surface area contributed by atoms with E-state index in [1.807, 2.05) is 78.9 Å². The summed E-state index contributed by atoms with van der Waals surface area (Å²) in [5.41, 5.74) is 17.6. The number of phenolic OH excluding ortho intramolecular Hbond substituents is 1. The molecule has 1 aromatic heterocycles. The van der Waals surface area contributed by atoms with Gasteiger partial charge in [0.15, 0.2) is 16.8 Å². The normalized spacial score (nSPS) is 13.7. The second kappa shape index (κ2) is 38.7. The zero-order valence-electron chi connectivity index (χ0n) is 50.7. The van der Waals surface area contributed by atoms with Crippen molar-refractivity contribution < 1.29 is 71.4 Å². The van der Waals surface area contributed by atoms with E-state index in [4.69, 9.17) is 70.3 Å². The summed E-state index contributed by atoms with van der Waals surface area (Å²) >= 11 is 5.83. The van der Waals surface area contributed by atoms with Crippen LogP contribution in [0.25, 0.3) is 33.7 Å². The smallest absolute Gasteiger partial charge is 0.321 e. The molecule has 4 aromatic carbocycles. The molecule has 6 rings (SSSR count).